The molecule has 0 radical (unpaired) electrons. The van der Waals surface area contributed by atoms with E-state index in [-0.39, 0.29) is 3.91 Å². The summed E-state index contributed by atoms with van der Waals surface area (Å²) in [5.41, 5.74) is 1.07. The lowest BCUT2D eigenvalue weighted by Gasteiger charge is -2.09. The number of nitrogens with one attached hydrogen (secondary N) is 1. The molecule has 0 fully saturated rings. The zero-order chi connectivity index (χ0) is 12.0. The van der Waals surface area contributed by atoms with E-state index in [9.17, 15) is 4.79 Å². The van der Waals surface area contributed by atoms with Crippen LogP contribution in [0, 0.1) is 5.92 Å². The van der Waals surface area contributed by atoms with Crippen molar-refractivity contribution in [3.05, 3.63) is 29.8 Å². The van der Waals surface area contributed by atoms with Crippen LogP contribution < -0.4 is 10.1 Å². The third-order valence-electron chi connectivity index (χ3n) is 1.94. The molecule has 16 heavy (non-hydrogen) atoms. The highest BCUT2D eigenvalue weighted by Gasteiger charge is 1.98. The molecule has 0 aliphatic rings. The topological polar surface area (TPSA) is 38.3 Å². The van der Waals surface area contributed by atoms with Crippen LogP contribution in [-0.2, 0) is 6.54 Å². The number of ether oxygens (including phenoxy) is 1. The number of rotatable bonds is 5. The molecule has 0 atom stereocenters. The molecule has 0 aromatic heterocycles. The van der Waals surface area contributed by atoms with Gasteiger partial charge in [0.25, 0.3) is 3.91 Å². The molecule has 1 amide bonds. The lowest BCUT2D eigenvalue weighted by Crippen LogP contribution is -2.14. The van der Waals surface area contributed by atoms with Crippen LogP contribution in [0.4, 0.5) is 4.79 Å². The van der Waals surface area contributed by atoms with Gasteiger partial charge in [0.15, 0.2) is 0 Å². The fourth-order valence-electron chi connectivity index (χ4n) is 1.14. The van der Waals surface area contributed by atoms with E-state index in [0.29, 0.717) is 12.5 Å². The summed E-state index contributed by atoms with van der Waals surface area (Å²) in [6.45, 7) is 5.52. The SMILES string of the molecule is CC(C)COc1ccc(CNC(=O)I)cc1. The van der Waals surface area contributed by atoms with E-state index in [1.165, 1.54) is 0 Å². The van der Waals surface area contributed by atoms with Crippen LogP contribution in [0.1, 0.15) is 19.4 Å². The molecule has 0 aliphatic carbocycles. The van der Waals surface area contributed by atoms with Crippen molar-refractivity contribution < 1.29 is 9.53 Å². The van der Waals surface area contributed by atoms with E-state index in [1.807, 2.05) is 24.3 Å². The molecule has 4 heteroatoms. The Morgan fingerprint density at radius 2 is 2.00 bits per heavy atom. The van der Waals surface area contributed by atoms with Crippen molar-refractivity contribution in [3.63, 3.8) is 0 Å². The number of hydrogen-bond donors (Lipinski definition) is 1. The molecule has 1 aromatic rings. The van der Waals surface area contributed by atoms with Gasteiger partial charge in [-0.2, -0.15) is 0 Å². The van der Waals surface area contributed by atoms with Crippen molar-refractivity contribution >= 4 is 26.5 Å². The fourth-order valence-corrected chi connectivity index (χ4v) is 1.33. The Bertz CT molecular complexity index is 335. The largest absolute Gasteiger partial charge is 0.493 e. The molecule has 0 unspecified atom stereocenters. The van der Waals surface area contributed by atoms with E-state index in [4.69, 9.17) is 4.74 Å². The predicted molar refractivity (Wildman–Crippen MR) is 73.0 cm³/mol. The lowest BCUT2D eigenvalue weighted by molar-refractivity contribution is 0.262. The van der Waals surface area contributed by atoms with Crippen LogP contribution in [-0.4, -0.2) is 10.5 Å². The number of benzene rings is 1. The lowest BCUT2D eigenvalue weighted by atomic mass is 10.2. The molecule has 0 aliphatic heterocycles. The summed E-state index contributed by atoms with van der Waals surface area (Å²) >= 11 is 1.72. The first-order valence-corrected chi connectivity index (χ1v) is 6.31. The average Bonchev–Trinajstić information content (AvgIpc) is 2.25. The van der Waals surface area contributed by atoms with Crippen molar-refractivity contribution in [2.24, 2.45) is 5.92 Å². The summed E-state index contributed by atoms with van der Waals surface area (Å²) in [5.74, 6) is 1.40. The maximum Gasteiger partial charge on any atom is 0.280 e. The highest BCUT2D eigenvalue weighted by atomic mass is 127. The highest BCUT2D eigenvalue weighted by molar-refractivity contribution is 14.1. The number of amides is 1. The van der Waals surface area contributed by atoms with E-state index in [0.717, 1.165) is 17.9 Å². The molecule has 3 nitrogen and oxygen atoms in total. The number of carbonyl (C=O) groups excluding carboxylic acids is 1. The smallest absolute Gasteiger partial charge is 0.280 e. The summed E-state index contributed by atoms with van der Waals surface area (Å²) in [6.07, 6.45) is 0. The van der Waals surface area contributed by atoms with Crippen LogP contribution in [0.15, 0.2) is 24.3 Å². The molecular weight excluding hydrogens is 317 g/mol. The molecule has 0 spiro atoms. The second-order valence-electron chi connectivity index (χ2n) is 3.98. The van der Waals surface area contributed by atoms with Gasteiger partial charge in [-0.1, -0.05) is 26.0 Å². The zero-order valence-electron chi connectivity index (χ0n) is 9.50. The first-order valence-electron chi connectivity index (χ1n) is 5.23. The molecule has 0 saturated carbocycles. The second kappa shape index (κ2) is 6.73. The third kappa shape index (κ3) is 5.34. The number of carbonyl (C=O) groups is 1. The van der Waals surface area contributed by atoms with Crippen molar-refractivity contribution in [3.8, 4) is 5.75 Å². The van der Waals surface area contributed by atoms with Gasteiger partial charge in [0.05, 0.1) is 6.61 Å². The first-order chi connectivity index (χ1) is 7.58. The van der Waals surface area contributed by atoms with E-state index in [1.54, 1.807) is 22.6 Å². The van der Waals surface area contributed by atoms with Gasteiger partial charge in [0.2, 0.25) is 0 Å². The highest BCUT2D eigenvalue weighted by Crippen LogP contribution is 2.13. The maximum atomic E-state index is 10.7. The summed E-state index contributed by atoms with van der Waals surface area (Å²) in [7, 11) is 0. The van der Waals surface area contributed by atoms with E-state index >= 15 is 0 Å². The molecule has 0 saturated heterocycles. The maximum absolute atomic E-state index is 10.7. The quantitative estimate of drug-likeness (QED) is 0.510. The van der Waals surface area contributed by atoms with Crippen molar-refractivity contribution in [2.45, 2.75) is 20.4 Å². The van der Waals surface area contributed by atoms with E-state index in [2.05, 4.69) is 19.2 Å². The summed E-state index contributed by atoms with van der Waals surface area (Å²) in [4.78, 5) is 10.7. The van der Waals surface area contributed by atoms with Gasteiger partial charge in [0, 0.05) is 29.1 Å². The Balaban J connectivity index is 2.44. The minimum atomic E-state index is -0.0438. The zero-order valence-corrected chi connectivity index (χ0v) is 11.7. The Hall–Kier alpha value is -0.780. The van der Waals surface area contributed by atoms with Crippen LogP contribution in [0.25, 0.3) is 0 Å². The van der Waals surface area contributed by atoms with Crippen LogP contribution in [0.5, 0.6) is 5.75 Å². The predicted octanol–water partition coefficient (Wildman–Crippen LogP) is 3.37. The fraction of sp³-hybridized carbons (Fsp3) is 0.417. The summed E-state index contributed by atoms with van der Waals surface area (Å²) in [6, 6.07) is 7.78. The standard InChI is InChI=1S/C12H16INO2/c1-9(2)8-16-11-5-3-10(4-6-11)7-14-12(13)15/h3-6,9H,7-8H2,1-2H3,(H,14,15). The van der Waals surface area contributed by atoms with Gasteiger partial charge in [0.1, 0.15) is 5.75 Å². The minimum Gasteiger partial charge on any atom is -0.493 e. The summed E-state index contributed by atoms with van der Waals surface area (Å²) < 4.78 is 5.52. The van der Waals surface area contributed by atoms with Crippen LogP contribution >= 0.6 is 22.6 Å². The molecular formula is C12H16INO2. The van der Waals surface area contributed by atoms with Gasteiger partial charge >= 0.3 is 0 Å². The van der Waals surface area contributed by atoms with Gasteiger partial charge in [-0.15, -0.1) is 0 Å². The Morgan fingerprint density at radius 1 is 1.38 bits per heavy atom. The van der Waals surface area contributed by atoms with Gasteiger partial charge in [-0.25, -0.2) is 0 Å². The molecule has 1 aromatic carbocycles. The molecule has 1 rings (SSSR count). The number of halogens is 1. The van der Waals surface area contributed by atoms with Gasteiger partial charge in [-0.3, -0.25) is 4.79 Å². The second-order valence-corrected chi connectivity index (χ2v) is 4.96. The monoisotopic (exact) mass is 333 g/mol. The molecule has 0 bridgehead atoms. The molecule has 88 valence electrons. The van der Waals surface area contributed by atoms with Gasteiger partial charge in [-0.05, 0) is 23.6 Å². The Kier molecular flexibility index (Phi) is 5.59. The first kappa shape index (κ1) is 13.3. The molecule has 1 N–H and O–H groups in total. The van der Waals surface area contributed by atoms with Crippen molar-refractivity contribution in [2.75, 3.05) is 6.61 Å². The van der Waals surface area contributed by atoms with Crippen LogP contribution in [0.3, 0.4) is 0 Å². The van der Waals surface area contributed by atoms with Crippen molar-refractivity contribution in [1.29, 1.82) is 0 Å². The summed E-state index contributed by atoms with van der Waals surface area (Å²) in [5, 5.41) is 2.74. The Morgan fingerprint density at radius 3 is 2.50 bits per heavy atom. The number of hydrogen-bond acceptors (Lipinski definition) is 2. The molecule has 0 heterocycles. The van der Waals surface area contributed by atoms with E-state index < -0.39 is 0 Å². The normalized spacial score (nSPS) is 10.2. The Labute approximate surface area is 110 Å². The van der Waals surface area contributed by atoms with Crippen molar-refractivity contribution in [1.82, 2.24) is 5.32 Å². The third-order valence-corrected chi connectivity index (χ3v) is 2.32. The minimum absolute atomic E-state index is 0.0438. The van der Waals surface area contributed by atoms with Gasteiger partial charge < -0.3 is 10.1 Å². The average molecular weight is 333 g/mol. The van der Waals surface area contributed by atoms with Crippen LogP contribution in [0.2, 0.25) is 0 Å².